The molecular formula is C17H21FN2O2S. The van der Waals surface area contributed by atoms with E-state index in [1.807, 2.05) is 13.8 Å². The van der Waals surface area contributed by atoms with Crippen LogP contribution in [0.25, 0.3) is 0 Å². The van der Waals surface area contributed by atoms with Gasteiger partial charge >= 0.3 is 0 Å². The number of thiazole rings is 1. The Balaban J connectivity index is 2.00. The summed E-state index contributed by atoms with van der Waals surface area (Å²) in [4.78, 5) is 17.3. The van der Waals surface area contributed by atoms with E-state index in [4.69, 9.17) is 4.74 Å². The fourth-order valence-electron chi connectivity index (χ4n) is 1.84. The fourth-order valence-corrected chi connectivity index (χ4v) is 2.72. The summed E-state index contributed by atoms with van der Waals surface area (Å²) in [7, 11) is 0. The molecule has 1 amide bonds. The molecule has 6 heteroatoms. The van der Waals surface area contributed by atoms with Crippen LogP contribution in [0.15, 0.2) is 24.3 Å². The maximum atomic E-state index is 12.8. The number of ether oxygens (including phenoxy) is 1. The van der Waals surface area contributed by atoms with E-state index in [1.165, 1.54) is 23.5 Å². The van der Waals surface area contributed by atoms with Crippen LogP contribution in [0.2, 0.25) is 0 Å². The van der Waals surface area contributed by atoms with Gasteiger partial charge in [-0.25, -0.2) is 9.37 Å². The van der Waals surface area contributed by atoms with Gasteiger partial charge in [-0.15, -0.1) is 11.3 Å². The summed E-state index contributed by atoms with van der Waals surface area (Å²) in [6, 6.07) is 5.91. The molecule has 0 bridgehead atoms. The van der Waals surface area contributed by atoms with E-state index in [0.29, 0.717) is 27.2 Å². The maximum Gasteiger partial charge on any atom is 0.263 e. The molecule has 1 heterocycles. The first kappa shape index (κ1) is 17.4. The Morgan fingerprint density at radius 3 is 2.57 bits per heavy atom. The third kappa shape index (κ3) is 4.76. The highest BCUT2D eigenvalue weighted by atomic mass is 32.1. The van der Waals surface area contributed by atoms with Gasteiger partial charge < -0.3 is 10.1 Å². The molecule has 1 N–H and O–H groups in total. The summed E-state index contributed by atoms with van der Waals surface area (Å²) in [6.45, 7) is 8.17. The number of hydrogen-bond acceptors (Lipinski definition) is 4. The van der Waals surface area contributed by atoms with Crippen molar-refractivity contribution in [2.75, 3.05) is 0 Å². The minimum atomic E-state index is -0.305. The van der Waals surface area contributed by atoms with Crippen molar-refractivity contribution in [3.05, 3.63) is 45.7 Å². The van der Waals surface area contributed by atoms with Gasteiger partial charge in [0.1, 0.15) is 28.1 Å². The van der Waals surface area contributed by atoms with E-state index in [2.05, 4.69) is 24.1 Å². The lowest BCUT2D eigenvalue weighted by molar-refractivity contribution is 0.0934. The summed E-state index contributed by atoms with van der Waals surface area (Å²) in [5, 5.41) is 3.70. The molecule has 1 aromatic carbocycles. The van der Waals surface area contributed by atoms with Gasteiger partial charge in [0.25, 0.3) is 5.91 Å². The van der Waals surface area contributed by atoms with Crippen LogP contribution in [0, 0.1) is 18.7 Å². The Morgan fingerprint density at radius 2 is 1.96 bits per heavy atom. The number of nitrogens with one attached hydrogen (secondary N) is 1. The number of carbonyl (C=O) groups is 1. The van der Waals surface area contributed by atoms with E-state index in [-0.39, 0.29) is 24.4 Å². The monoisotopic (exact) mass is 336 g/mol. The van der Waals surface area contributed by atoms with Gasteiger partial charge in [-0.1, -0.05) is 13.8 Å². The van der Waals surface area contributed by atoms with Crippen LogP contribution in [0.1, 0.15) is 41.1 Å². The normalized spacial score (nSPS) is 12.3. The predicted octanol–water partition coefficient (Wildman–Crippen LogP) is 3.94. The average Bonchev–Trinajstić information content (AvgIpc) is 2.87. The Labute approximate surface area is 139 Å². The molecule has 23 heavy (non-hydrogen) atoms. The minimum absolute atomic E-state index is 0.0999. The van der Waals surface area contributed by atoms with E-state index in [0.717, 1.165) is 0 Å². The molecule has 2 aromatic rings. The van der Waals surface area contributed by atoms with Gasteiger partial charge in [-0.3, -0.25) is 4.79 Å². The van der Waals surface area contributed by atoms with E-state index >= 15 is 0 Å². The molecule has 124 valence electrons. The van der Waals surface area contributed by atoms with Crippen molar-refractivity contribution in [2.24, 2.45) is 5.92 Å². The number of carbonyl (C=O) groups excluding carboxylic acids is 1. The predicted molar refractivity (Wildman–Crippen MR) is 89.3 cm³/mol. The first-order valence-corrected chi connectivity index (χ1v) is 8.34. The zero-order valence-electron chi connectivity index (χ0n) is 13.7. The first-order chi connectivity index (χ1) is 10.9. The molecule has 0 saturated heterocycles. The Morgan fingerprint density at radius 1 is 1.30 bits per heavy atom. The minimum Gasteiger partial charge on any atom is -0.486 e. The van der Waals surface area contributed by atoms with Crippen molar-refractivity contribution in [3.63, 3.8) is 0 Å². The summed E-state index contributed by atoms with van der Waals surface area (Å²) >= 11 is 1.32. The highest BCUT2D eigenvalue weighted by molar-refractivity contribution is 7.13. The second kappa shape index (κ2) is 7.55. The molecule has 4 nitrogen and oxygen atoms in total. The highest BCUT2D eigenvalue weighted by Gasteiger charge is 2.18. The van der Waals surface area contributed by atoms with Crippen LogP contribution in [0.5, 0.6) is 5.75 Å². The molecule has 0 fully saturated rings. The highest BCUT2D eigenvalue weighted by Crippen LogP contribution is 2.21. The summed E-state index contributed by atoms with van der Waals surface area (Å²) in [6.07, 6.45) is 0. The fraction of sp³-hybridized carbons (Fsp3) is 0.412. The topological polar surface area (TPSA) is 51.2 Å². The Bertz CT molecular complexity index is 668. The van der Waals surface area contributed by atoms with Crippen LogP contribution in [0.3, 0.4) is 0 Å². The zero-order valence-corrected chi connectivity index (χ0v) is 14.5. The van der Waals surface area contributed by atoms with Gasteiger partial charge in [-0.05, 0) is 44.0 Å². The first-order valence-electron chi connectivity index (χ1n) is 7.52. The third-order valence-corrected chi connectivity index (χ3v) is 4.71. The standard InChI is InChI=1S/C17H21FN2O2S/c1-10(2)11(3)20-17(21)16-12(4)19-15(23-16)9-22-14-7-5-13(18)6-8-14/h5-8,10-11H,9H2,1-4H3,(H,20,21). The van der Waals surface area contributed by atoms with Crippen molar-refractivity contribution in [1.82, 2.24) is 10.3 Å². The summed E-state index contributed by atoms with van der Waals surface area (Å²) in [5.74, 6) is 0.530. The third-order valence-electron chi connectivity index (χ3n) is 3.58. The quantitative estimate of drug-likeness (QED) is 0.869. The molecule has 0 aliphatic heterocycles. The molecule has 1 atom stereocenters. The molecule has 0 radical (unpaired) electrons. The van der Waals surface area contributed by atoms with Crippen LogP contribution in [-0.2, 0) is 6.61 Å². The van der Waals surface area contributed by atoms with Crippen molar-refractivity contribution in [3.8, 4) is 5.75 Å². The number of rotatable bonds is 6. The average molecular weight is 336 g/mol. The SMILES string of the molecule is Cc1nc(COc2ccc(F)cc2)sc1C(=O)NC(C)C(C)C. The van der Waals surface area contributed by atoms with Crippen LogP contribution in [0.4, 0.5) is 4.39 Å². The lowest BCUT2D eigenvalue weighted by Gasteiger charge is -2.16. The Kier molecular flexibility index (Phi) is 5.71. The Hall–Kier alpha value is -1.95. The number of benzene rings is 1. The number of hydrogen-bond donors (Lipinski definition) is 1. The molecule has 0 spiro atoms. The smallest absolute Gasteiger partial charge is 0.263 e. The van der Waals surface area contributed by atoms with E-state index in [9.17, 15) is 9.18 Å². The van der Waals surface area contributed by atoms with Gasteiger partial charge in [0, 0.05) is 6.04 Å². The van der Waals surface area contributed by atoms with Crippen molar-refractivity contribution in [1.29, 1.82) is 0 Å². The number of halogens is 1. The molecule has 2 rings (SSSR count). The van der Waals surface area contributed by atoms with Crippen LogP contribution in [-0.4, -0.2) is 16.9 Å². The molecule has 0 aliphatic carbocycles. The molecule has 1 unspecified atom stereocenters. The second-order valence-corrected chi connectivity index (χ2v) is 6.85. The van der Waals surface area contributed by atoms with Gasteiger partial charge in [0.05, 0.1) is 5.69 Å². The van der Waals surface area contributed by atoms with E-state index < -0.39 is 0 Å². The van der Waals surface area contributed by atoms with E-state index in [1.54, 1.807) is 12.1 Å². The van der Waals surface area contributed by atoms with Crippen molar-refractivity contribution >= 4 is 17.2 Å². The molecule has 1 aromatic heterocycles. The lowest BCUT2D eigenvalue weighted by atomic mass is 10.1. The number of nitrogens with zero attached hydrogens (tertiary/aromatic N) is 1. The molecule has 0 aliphatic rings. The molecule has 0 saturated carbocycles. The number of aromatic nitrogens is 1. The van der Waals surface area contributed by atoms with Crippen LogP contribution >= 0.6 is 11.3 Å². The summed E-state index contributed by atoms with van der Waals surface area (Å²) < 4.78 is 18.4. The van der Waals surface area contributed by atoms with Gasteiger partial charge in [0.15, 0.2) is 0 Å². The van der Waals surface area contributed by atoms with Gasteiger partial charge in [-0.2, -0.15) is 0 Å². The second-order valence-electron chi connectivity index (χ2n) is 5.77. The number of aryl methyl sites for hydroxylation is 1. The van der Waals surface area contributed by atoms with Crippen LogP contribution < -0.4 is 10.1 Å². The zero-order chi connectivity index (χ0) is 17.0. The molecular weight excluding hydrogens is 315 g/mol. The number of amides is 1. The lowest BCUT2D eigenvalue weighted by Crippen LogP contribution is -2.35. The largest absolute Gasteiger partial charge is 0.486 e. The van der Waals surface area contributed by atoms with Crippen molar-refractivity contribution < 1.29 is 13.9 Å². The summed E-state index contributed by atoms with van der Waals surface area (Å²) in [5.41, 5.74) is 0.696. The maximum absolute atomic E-state index is 12.8. The van der Waals surface area contributed by atoms with Gasteiger partial charge in [0.2, 0.25) is 0 Å². The van der Waals surface area contributed by atoms with Crippen molar-refractivity contribution in [2.45, 2.75) is 40.3 Å².